The number of methoxy groups -OCH3 is 1. The molecule has 186 valence electrons. The molecule has 0 fully saturated rings. The number of esters is 1. The van der Waals surface area contributed by atoms with Crippen LogP contribution in [0, 0.1) is 11.3 Å². The molecule has 2 aromatic carbocycles. The van der Waals surface area contributed by atoms with Gasteiger partial charge in [0.15, 0.2) is 18.1 Å². The van der Waals surface area contributed by atoms with Crippen molar-refractivity contribution >= 4 is 33.9 Å². The Kier molecular flexibility index (Phi) is 10.3. The number of ether oxygens (including phenoxy) is 3. The molecule has 0 aliphatic rings. The summed E-state index contributed by atoms with van der Waals surface area (Å²) in [6.07, 6.45) is 3.23. The lowest BCUT2D eigenvalue weighted by Gasteiger charge is -2.23. The molecule has 2 aromatic rings. The van der Waals surface area contributed by atoms with E-state index in [0.717, 1.165) is 22.9 Å². The van der Waals surface area contributed by atoms with E-state index in [0.29, 0.717) is 17.9 Å². The summed E-state index contributed by atoms with van der Waals surface area (Å²) in [6, 6.07) is 12.3. The first-order valence-electron chi connectivity index (χ1n) is 11.3. The fourth-order valence-corrected chi connectivity index (χ4v) is 3.51. The van der Waals surface area contributed by atoms with Crippen LogP contribution in [0.5, 0.6) is 17.2 Å². The molecule has 0 atom stereocenters. The van der Waals surface area contributed by atoms with Gasteiger partial charge in [-0.3, -0.25) is 4.79 Å². The fraction of sp³-hybridized carbons (Fsp3) is 0.370. The maximum Gasteiger partial charge on any atom is 0.349 e. The number of hydrogen-bond donors (Lipinski definition) is 1. The van der Waals surface area contributed by atoms with Crippen molar-refractivity contribution < 1.29 is 23.8 Å². The molecule has 0 saturated carbocycles. The number of rotatable bonds is 10. The van der Waals surface area contributed by atoms with E-state index in [1.807, 2.05) is 31.2 Å². The third-order valence-electron chi connectivity index (χ3n) is 5.00. The van der Waals surface area contributed by atoms with Gasteiger partial charge >= 0.3 is 5.97 Å². The topological polar surface area (TPSA) is 97.7 Å². The van der Waals surface area contributed by atoms with E-state index >= 15 is 0 Å². The van der Waals surface area contributed by atoms with Gasteiger partial charge in [0.2, 0.25) is 0 Å². The Labute approximate surface area is 215 Å². The number of carbonyl (C=O) groups is 2. The van der Waals surface area contributed by atoms with Crippen molar-refractivity contribution in [1.82, 2.24) is 5.32 Å². The van der Waals surface area contributed by atoms with Gasteiger partial charge in [0.05, 0.1) is 7.11 Å². The van der Waals surface area contributed by atoms with Gasteiger partial charge in [-0.1, -0.05) is 56.1 Å². The van der Waals surface area contributed by atoms with Crippen LogP contribution >= 0.6 is 15.9 Å². The number of unbranched alkanes of at least 4 members (excludes halogenated alkanes) is 1. The second-order valence-electron chi connectivity index (χ2n) is 8.84. The molecule has 0 aromatic heterocycles. The molecule has 1 amide bonds. The van der Waals surface area contributed by atoms with Crippen molar-refractivity contribution in [2.24, 2.45) is 0 Å². The van der Waals surface area contributed by atoms with E-state index in [4.69, 9.17) is 14.2 Å². The molecule has 0 radical (unpaired) electrons. The van der Waals surface area contributed by atoms with Gasteiger partial charge < -0.3 is 19.5 Å². The summed E-state index contributed by atoms with van der Waals surface area (Å²) >= 11 is 3.47. The Bertz CT molecular complexity index is 1130. The number of nitrogens with one attached hydrogen (secondary N) is 1. The standard InChI is InChI=1S/C27H31BrN2O5/c1-6-7-12-30-26(32)19(16-29)13-18-8-10-23(24(14-18)33-5)35-25(31)17-34-22-11-9-20(28)15-21(22)27(2,3)4/h8-11,13-15H,6-7,12,17H2,1-5H3,(H,30,32)/b19-13+. The fourth-order valence-electron chi connectivity index (χ4n) is 3.15. The van der Waals surface area contributed by atoms with Gasteiger partial charge in [0, 0.05) is 16.6 Å². The van der Waals surface area contributed by atoms with Crippen molar-refractivity contribution in [3.8, 4) is 23.3 Å². The predicted molar refractivity (Wildman–Crippen MR) is 138 cm³/mol. The van der Waals surface area contributed by atoms with Gasteiger partial charge in [0.1, 0.15) is 17.4 Å². The number of benzene rings is 2. The lowest BCUT2D eigenvalue weighted by Crippen LogP contribution is -2.25. The molecule has 2 rings (SSSR count). The normalized spacial score (nSPS) is 11.4. The molecule has 0 heterocycles. The number of halogens is 1. The summed E-state index contributed by atoms with van der Waals surface area (Å²) < 4.78 is 17.5. The van der Waals surface area contributed by atoms with Crippen LogP contribution in [-0.4, -0.2) is 32.1 Å². The van der Waals surface area contributed by atoms with Crippen LogP contribution in [0.1, 0.15) is 51.7 Å². The van der Waals surface area contributed by atoms with E-state index in [9.17, 15) is 14.9 Å². The number of hydrogen-bond acceptors (Lipinski definition) is 6. The zero-order valence-corrected chi connectivity index (χ0v) is 22.3. The molecule has 0 bridgehead atoms. The van der Waals surface area contributed by atoms with Gasteiger partial charge in [-0.15, -0.1) is 0 Å². The average Bonchev–Trinajstić information content (AvgIpc) is 2.81. The highest BCUT2D eigenvalue weighted by Crippen LogP contribution is 2.34. The highest BCUT2D eigenvalue weighted by molar-refractivity contribution is 9.10. The lowest BCUT2D eigenvalue weighted by molar-refractivity contribution is -0.136. The molecular weight excluding hydrogens is 512 g/mol. The lowest BCUT2D eigenvalue weighted by atomic mass is 9.86. The molecule has 0 aliphatic heterocycles. The van der Waals surface area contributed by atoms with Crippen molar-refractivity contribution in [2.45, 2.75) is 46.0 Å². The van der Waals surface area contributed by atoms with Crippen molar-refractivity contribution in [1.29, 1.82) is 5.26 Å². The van der Waals surface area contributed by atoms with E-state index in [1.165, 1.54) is 13.2 Å². The Morgan fingerprint density at radius 3 is 2.46 bits per heavy atom. The van der Waals surface area contributed by atoms with Gasteiger partial charge in [-0.2, -0.15) is 5.26 Å². The first-order chi connectivity index (χ1) is 16.6. The minimum atomic E-state index is -0.595. The molecule has 1 N–H and O–H groups in total. The van der Waals surface area contributed by atoms with Crippen LogP contribution < -0.4 is 19.5 Å². The summed E-state index contributed by atoms with van der Waals surface area (Å²) in [4.78, 5) is 24.7. The zero-order chi connectivity index (χ0) is 26.0. The zero-order valence-electron chi connectivity index (χ0n) is 20.7. The van der Waals surface area contributed by atoms with E-state index < -0.39 is 11.9 Å². The third kappa shape index (κ3) is 8.45. The van der Waals surface area contributed by atoms with Crippen LogP contribution in [0.25, 0.3) is 6.08 Å². The number of nitriles is 1. The second-order valence-corrected chi connectivity index (χ2v) is 9.76. The first-order valence-corrected chi connectivity index (χ1v) is 12.1. The Hall–Kier alpha value is -3.31. The Balaban J connectivity index is 2.11. The van der Waals surface area contributed by atoms with Crippen LogP contribution in [-0.2, 0) is 15.0 Å². The SMILES string of the molecule is CCCCNC(=O)/C(C#N)=C/c1ccc(OC(=O)COc2ccc(Br)cc2C(C)(C)C)c(OC)c1. The Morgan fingerprint density at radius 1 is 1.11 bits per heavy atom. The monoisotopic (exact) mass is 542 g/mol. The summed E-state index contributed by atoms with van der Waals surface area (Å²) in [5.74, 6) is 0.0645. The largest absolute Gasteiger partial charge is 0.493 e. The smallest absolute Gasteiger partial charge is 0.349 e. The quantitative estimate of drug-likeness (QED) is 0.139. The van der Waals surface area contributed by atoms with E-state index in [1.54, 1.807) is 18.2 Å². The highest BCUT2D eigenvalue weighted by atomic mass is 79.9. The highest BCUT2D eigenvalue weighted by Gasteiger charge is 2.21. The van der Waals surface area contributed by atoms with Gasteiger partial charge in [-0.05, 0) is 53.8 Å². The van der Waals surface area contributed by atoms with Crippen molar-refractivity contribution in [3.63, 3.8) is 0 Å². The maximum atomic E-state index is 12.5. The van der Waals surface area contributed by atoms with E-state index in [-0.39, 0.29) is 29.1 Å². The molecule has 0 unspecified atom stereocenters. The minimum absolute atomic E-state index is 0.0227. The Morgan fingerprint density at radius 2 is 1.83 bits per heavy atom. The third-order valence-corrected chi connectivity index (χ3v) is 5.49. The summed E-state index contributed by atoms with van der Waals surface area (Å²) in [7, 11) is 1.44. The maximum absolute atomic E-state index is 12.5. The summed E-state index contributed by atoms with van der Waals surface area (Å²) in [6.45, 7) is 8.43. The van der Waals surface area contributed by atoms with Crippen LogP contribution in [0.3, 0.4) is 0 Å². The van der Waals surface area contributed by atoms with Crippen molar-refractivity contribution in [3.05, 3.63) is 57.6 Å². The van der Waals surface area contributed by atoms with Crippen LogP contribution in [0.15, 0.2) is 46.4 Å². The first kappa shape index (κ1) is 27.9. The van der Waals surface area contributed by atoms with Gasteiger partial charge in [-0.25, -0.2) is 4.79 Å². The molecule has 0 spiro atoms. The molecule has 0 saturated heterocycles. The molecule has 7 nitrogen and oxygen atoms in total. The minimum Gasteiger partial charge on any atom is -0.493 e. The number of nitrogens with zero attached hydrogens (tertiary/aromatic N) is 1. The predicted octanol–water partition coefficient (Wildman–Crippen LogP) is 5.56. The summed E-state index contributed by atoms with van der Waals surface area (Å²) in [5.41, 5.74) is 1.32. The average molecular weight is 543 g/mol. The molecule has 35 heavy (non-hydrogen) atoms. The number of amides is 1. The summed E-state index contributed by atoms with van der Waals surface area (Å²) in [5, 5.41) is 12.1. The van der Waals surface area contributed by atoms with Crippen LogP contribution in [0.4, 0.5) is 0 Å². The molecular formula is C27H31BrN2O5. The van der Waals surface area contributed by atoms with Gasteiger partial charge in [0.25, 0.3) is 5.91 Å². The van der Waals surface area contributed by atoms with Crippen molar-refractivity contribution in [2.75, 3.05) is 20.3 Å². The van der Waals surface area contributed by atoms with E-state index in [2.05, 4.69) is 42.0 Å². The second kappa shape index (κ2) is 13.0. The molecule has 8 heteroatoms. The van der Waals surface area contributed by atoms with Crippen LogP contribution in [0.2, 0.25) is 0 Å². The number of carbonyl (C=O) groups excluding carboxylic acids is 2. The molecule has 0 aliphatic carbocycles.